The summed E-state index contributed by atoms with van der Waals surface area (Å²) in [6.45, 7) is 4.48. The van der Waals surface area contributed by atoms with Gasteiger partial charge in [-0.25, -0.2) is 0 Å². The van der Waals surface area contributed by atoms with Crippen molar-refractivity contribution in [2.75, 3.05) is 7.05 Å². The number of nitrogens with one attached hydrogen (secondary N) is 1. The zero-order chi connectivity index (χ0) is 13.8. The Kier molecular flexibility index (Phi) is 4.83. The zero-order valence-corrected chi connectivity index (χ0v) is 13.2. The van der Waals surface area contributed by atoms with Crippen LogP contribution in [0.4, 0.5) is 0 Å². The molecule has 2 unspecified atom stereocenters. The summed E-state index contributed by atoms with van der Waals surface area (Å²) < 4.78 is 6.11. The lowest BCUT2D eigenvalue weighted by Gasteiger charge is -2.17. The molecule has 0 saturated carbocycles. The lowest BCUT2D eigenvalue weighted by Crippen LogP contribution is -2.17. The van der Waals surface area contributed by atoms with E-state index in [2.05, 4.69) is 59.4 Å². The van der Waals surface area contributed by atoms with Crippen LogP contribution >= 0.6 is 15.9 Å². The highest BCUT2D eigenvalue weighted by molar-refractivity contribution is 9.10. The van der Waals surface area contributed by atoms with Gasteiger partial charge in [0.15, 0.2) is 4.67 Å². The van der Waals surface area contributed by atoms with Crippen molar-refractivity contribution in [3.05, 3.63) is 58.0 Å². The van der Waals surface area contributed by atoms with Gasteiger partial charge in [0.25, 0.3) is 0 Å². The number of benzene rings is 1. The molecule has 0 bridgehead atoms. The minimum absolute atomic E-state index is 0.152. The number of halogens is 1. The topological polar surface area (TPSA) is 25.2 Å². The van der Waals surface area contributed by atoms with Crippen molar-refractivity contribution in [2.24, 2.45) is 0 Å². The molecule has 102 valence electrons. The molecular formula is C16H20BrNO. The average Bonchev–Trinajstić information content (AvgIpc) is 2.86. The van der Waals surface area contributed by atoms with Crippen molar-refractivity contribution >= 4 is 15.9 Å². The van der Waals surface area contributed by atoms with Crippen LogP contribution in [0.15, 0.2) is 45.7 Å². The predicted molar refractivity (Wildman–Crippen MR) is 82.5 cm³/mol. The highest BCUT2D eigenvalue weighted by Gasteiger charge is 2.17. The number of hydrogen-bond acceptors (Lipinski definition) is 2. The fourth-order valence-electron chi connectivity index (χ4n) is 2.26. The highest BCUT2D eigenvalue weighted by atomic mass is 79.9. The lowest BCUT2D eigenvalue weighted by atomic mass is 9.94. The van der Waals surface area contributed by atoms with Gasteiger partial charge in [-0.1, -0.05) is 38.1 Å². The Morgan fingerprint density at radius 3 is 2.26 bits per heavy atom. The first-order valence-electron chi connectivity index (χ1n) is 6.67. The van der Waals surface area contributed by atoms with Crippen LogP contribution in [-0.2, 0) is 0 Å². The molecule has 0 spiro atoms. The standard InChI is InChI=1S/C16H20BrNO/c1-4-11(2)12-5-7-13(8-6-12)15(18-3)14-9-10-19-16(14)17/h5-11,15,18H,4H2,1-3H3. The quantitative estimate of drug-likeness (QED) is 0.850. The third-order valence-corrected chi connectivity index (χ3v) is 4.34. The Balaban J connectivity index is 2.27. The first-order chi connectivity index (χ1) is 9.17. The number of furan rings is 1. The van der Waals surface area contributed by atoms with Gasteiger partial charge >= 0.3 is 0 Å². The SMILES string of the molecule is CCC(C)c1ccc(C(NC)c2ccoc2Br)cc1. The van der Waals surface area contributed by atoms with Crippen LogP contribution in [0.3, 0.4) is 0 Å². The van der Waals surface area contributed by atoms with Gasteiger partial charge in [0, 0.05) is 5.56 Å². The molecule has 0 saturated heterocycles. The summed E-state index contributed by atoms with van der Waals surface area (Å²) in [5.41, 5.74) is 3.77. The Morgan fingerprint density at radius 1 is 1.16 bits per heavy atom. The fraction of sp³-hybridized carbons (Fsp3) is 0.375. The maximum atomic E-state index is 5.32. The summed E-state index contributed by atoms with van der Waals surface area (Å²) in [5.74, 6) is 0.614. The van der Waals surface area contributed by atoms with Gasteiger partial charge in [-0.3, -0.25) is 0 Å². The second-order valence-electron chi connectivity index (χ2n) is 4.85. The van der Waals surface area contributed by atoms with Crippen LogP contribution in [0.2, 0.25) is 0 Å². The average molecular weight is 322 g/mol. The molecule has 0 aliphatic carbocycles. The summed E-state index contributed by atoms with van der Waals surface area (Å²) in [6, 6.07) is 11.0. The molecular weight excluding hydrogens is 302 g/mol. The molecule has 19 heavy (non-hydrogen) atoms. The van der Waals surface area contributed by atoms with Crippen molar-refractivity contribution in [1.82, 2.24) is 5.32 Å². The molecule has 0 amide bonds. The Hall–Kier alpha value is -1.06. The van der Waals surface area contributed by atoms with Gasteiger partial charge in [0.2, 0.25) is 0 Å². The van der Waals surface area contributed by atoms with Gasteiger partial charge in [0.05, 0.1) is 12.3 Å². The molecule has 3 heteroatoms. The molecule has 0 aliphatic heterocycles. The fourth-order valence-corrected chi connectivity index (χ4v) is 2.73. The smallest absolute Gasteiger partial charge is 0.174 e. The van der Waals surface area contributed by atoms with Gasteiger partial charge in [-0.2, -0.15) is 0 Å². The minimum Gasteiger partial charge on any atom is -0.457 e. The molecule has 0 aliphatic rings. The highest BCUT2D eigenvalue weighted by Crippen LogP contribution is 2.30. The molecule has 1 heterocycles. The van der Waals surface area contributed by atoms with Crippen LogP contribution in [0.25, 0.3) is 0 Å². The summed E-state index contributed by atoms with van der Waals surface area (Å²) in [7, 11) is 1.96. The van der Waals surface area contributed by atoms with E-state index < -0.39 is 0 Å². The maximum Gasteiger partial charge on any atom is 0.174 e. The largest absolute Gasteiger partial charge is 0.457 e. The van der Waals surface area contributed by atoms with E-state index >= 15 is 0 Å². The lowest BCUT2D eigenvalue weighted by molar-refractivity contribution is 0.530. The number of rotatable bonds is 5. The van der Waals surface area contributed by atoms with Gasteiger partial charge < -0.3 is 9.73 Å². The Bertz CT molecular complexity index is 518. The first kappa shape index (κ1) is 14.4. The molecule has 0 radical (unpaired) electrons. The third kappa shape index (κ3) is 3.10. The maximum absolute atomic E-state index is 5.32. The van der Waals surface area contributed by atoms with Crippen LogP contribution in [0, 0.1) is 0 Å². The first-order valence-corrected chi connectivity index (χ1v) is 7.46. The molecule has 2 nitrogen and oxygen atoms in total. The van der Waals surface area contributed by atoms with Gasteiger partial charge in [-0.05, 0) is 52.5 Å². The van der Waals surface area contributed by atoms with E-state index in [4.69, 9.17) is 4.42 Å². The van der Waals surface area contributed by atoms with E-state index in [0.29, 0.717) is 5.92 Å². The van der Waals surface area contributed by atoms with Crippen LogP contribution < -0.4 is 5.32 Å². The van der Waals surface area contributed by atoms with Crippen LogP contribution in [0.1, 0.15) is 48.9 Å². The molecule has 2 atom stereocenters. The molecule has 1 aromatic carbocycles. The monoisotopic (exact) mass is 321 g/mol. The molecule has 2 aromatic rings. The van der Waals surface area contributed by atoms with E-state index in [0.717, 1.165) is 10.2 Å². The van der Waals surface area contributed by atoms with Crippen molar-refractivity contribution in [3.63, 3.8) is 0 Å². The van der Waals surface area contributed by atoms with Crippen LogP contribution in [-0.4, -0.2) is 7.05 Å². The second kappa shape index (κ2) is 6.40. The third-order valence-electron chi connectivity index (χ3n) is 3.70. The predicted octanol–water partition coefficient (Wildman–Crippen LogP) is 4.86. The normalized spacial score (nSPS) is 14.3. The summed E-state index contributed by atoms with van der Waals surface area (Å²) in [5, 5.41) is 3.33. The Labute approximate surface area is 123 Å². The van der Waals surface area contributed by atoms with Crippen molar-refractivity contribution in [1.29, 1.82) is 0 Å². The molecule has 1 N–H and O–H groups in total. The summed E-state index contributed by atoms with van der Waals surface area (Å²) in [4.78, 5) is 0. The minimum atomic E-state index is 0.152. The van der Waals surface area contributed by atoms with Crippen molar-refractivity contribution in [3.8, 4) is 0 Å². The zero-order valence-electron chi connectivity index (χ0n) is 11.6. The summed E-state index contributed by atoms with van der Waals surface area (Å²) in [6.07, 6.45) is 2.87. The van der Waals surface area contributed by atoms with E-state index in [1.54, 1.807) is 6.26 Å². The van der Waals surface area contributed by atoms with Gasteiger partial charge in [0.1, 0.15) is 0 Å². The molecule has 1 aromatic heterocycles. The number of hydrogen-bond donors (Lipinski definition) is 1. The van der Waals surface area contributed by atoms with Gasteiger partial charge in [-0.15, -0.1) is 0 Å². The van der Waals surface area contributed by atoms with Crippen molar-refractivity contribution < 1.29 is 4.42 Å². The summed E-state index contributed by atoms with van der Waals surface area (Å²) >= 11 is 3.45. The van der Waals surface area contributed by atoms with E-state index in [1.165, 1.54) is 17.5 Å². The van der Waals surface area contributed by atoms with Crippen LogP contribution in [0.5, 0.6) is 0 Å². The van der Waals surface area contributed by atoms with E-state index in [-0.39, 0.29) is 6.04 Å². The molecule has 2 rings (SSSR count). The van der Waals surface area contributed by atoms with E-state index in [1.807, 2.05) is 13.1 Å². The Morgan fingerprint density at radius 2 is 1.79 bits per heavy atom. The van der Waals surface area contributed by atoms with E-state index in [9.17, 15) is 0 Å². The van der Waals surface area contributed by atoms with Crippen molar-refractivity contribution in [2.45, 2.75) is 32.2 Å². The second-order valence-corrected chi connectivity index (χ2v) is 5.57. The molecule has 0 fully saturated rings.